The van der Waals surface area contributed by atoms with Crippen molar-refractivity contribution in [2.75, 3.05) is 20.2 Å². The number of azide groups is 1. The highest BCUT2D eigenvalue weighted by atomic mass is 35.5. The molecule has 2 aromatic rings. The molecule has 1 aliphatic heterocycles. The molecule has 282 valence electrons. The second-order valence-electron chi connectivity index (χ2n) is 13.1. The van der Waals surface area contributed by atoms with Gasteiger partial charge in [-0.2, -0.15) is 0 Å². The van der Waals surface area contributed by atoms with Crippen LogP contribution in [0.3, 0.4) is 0 Å². The molecule has 15 heteroatoms. The maximum absolute atomic E-state index is 13.7. The van der Waals surface area contributed by atoms with Gasteiger partial charge in [-0.25, -0.2) is 4.79 Å². The molecule has 2 amide bonds. The average Bonchev–Trinajstić information content (AvgIpc) is 3.12. The molecule has 0 aliphatic carbocycles. The molecule has 0 bridgehead atoms. The normalized spacial score (nSPS) is 22.8. The van der Waals surface area contributed by atoms with E-state index in [1.54, 1.807) is 55.5 Å². The van der Waals surface area contributed by atoms with Crippen LogP contribution >= 0.6 is 11.6 Å². The van der Waals surface area contributed by atoms with E-state index in [1.807, 2.05) is 13.8 Å². The molecule has 3 rings (SSSR count). The van der Waals surface area contributed by atoms with Crippen molar-refractivity contribution in [2.24, 2.45) is 22.9 Å². The Labute approximate surface area is 308 Å². The molecule has 0 aromatic heterocycles. The number of rotatable bonds is 13. The highest BCUT2D eigenvalue weighted by Crippen LogP contribution is 2.28. The predicted octanol–water partition coefficient (Wildman–Crippen LogP) is 4.76. The number of carbonyl (C=O) groups excluding carboxylic acids is 4. The van der Waals surface area contributed by atoms with E-state index >= 15 is 0 Å². The van der Waals surface area contributed by atoms with Crippen LogP contribution in [0.4, 0.5) is 0 Å². The fourth-order valence-electron chi connectivity index (χ4n) is 5.72. The summed E-state index contributed by atoms with van der Waals surface area (Å²) in [6, 6.07) is 12.4. The minimum atomic E-state index is -1.39. The van der Waals surface area contributed by atoms with E-state index in [0.717, 1.165) is 0 Å². The zero-order valence-electron chi connectivity index (χ0n) is 29.8. The Balaban J connectivity index is 1.99. The predicted molar refractivity (Wildman–Crippen MR) is 193 cm³/mol. The molecule has 1 aliphatic rings. The SMILES string of the molecule is COc1ccc(C[C@H]2NC(=O)/C=C/C[C@@H]([C@H](C)[C@@H](O)[C@H](O)c3ccccc3)OC(=O)[C@H](CC(C)C)OC(=O)[C@H](CCCN=[N+]=[N-])CNC2=O)cc1Cl. The summed E-state index contributed by atoms with van der Waals surface area (Å²) in [4.78, 5) is 56.9. The molecule has 2 aromatic carbocycles. The fourth-order valence-corrected chi connectivity index (χ4v) is 6.00. The van der Waals surface area contributed by atoms with Crippen molar-refractivity contribution < 1.29 is 43.6 Å². The van der Waals surface area contributed by atoms with Crippen LogP contribution < -0.4 is 15.4 Å². The maximum atomic E-state index is 13.7. The van der Waals surface area contributed by atoms with Gasteiger partial charge in [0.15, 0.2) is 6.10 Å². The van der Waals surface area contributed by atoms with E-state index in [1.165, 1.54) is 19.3 Å². The smallest absolute Gasteiger partial charge is 0.347 e. The third-order valence-electron chi connectivity index (χ3n) is 8.72. The second-order valence-corrected chi connectivity index (χ2v) is 13.6. The van der Waals surface area contributed by atoms with Crippen molar-refractivity contribution in [1.29, 1.82) is 0 Å². The lowest BCUT2D eigenvalue weighted by Gasteiger charge is -2.31. The Morgan fingerprint density at radius 3 is 2.44 bits per heavy atom. The number of halogens is 1. The number of carbonyl (C=O) groups is 4. The zero-order chi connectivity index (χ0) is 38.2. The fraction of sp³-hybridized carbons (Fsp3) is 0.514. The van der Waals surface area contributed by atoms with Gasteiger partial charge in [-0.05, 0) is 60.0 Å². The van der Waals surface area contributed by atoms with Gasteiger partial charge in [0, 0.05) is 36.8 Å². The first-order valence-corrected chi connectivity index (χ1v) is 17.6. The highest BCUT2D eigenvalue weighted by molar-refractivity contribution is 6.32. The van der Waals surface area contributed by atoms with Gasteiger partial charge in [0.2, 0.25) is 11.8 Å². The third kappa shape index (κ3) is 12.9. The van der Waals surface area contributed by atoms with Gasteiger partial charge < -0.3 is 35.1 Å². The first-order chi connectivity index (χ1) is 24.8. The number of aliphatic hydroxyl groups is 2. The molecule has 4 N–H and O–H groups in total. The number of cyclic esters (lactones) is 2. The van der Waals surface area contributed by atoms with Crippen molar-refractivity contribution in [3.63, 3.8) is 0 Å². The Morgan fingerprint density at radius 1 is 1.06 bits per heavy atom. The number of ether oxygens (including phenoxy) is 3. The summed E-state index contributed by atoms with van der Waals surface area (Å²) in [6.45, 7) is 5.17. The first-order valence-electron chi connectivity index (χ1n) is 17.2. The molecule has 1 heterocycles. The van der Waals surface area contributed by atoms with Crippen molar-refractivity contribution >= 4 is 35.4 Å². The largest absolute Gasteiger partial charge is 0.495 e. The minimum absolute atomic E-state index is 0.0401. The summed E-state index contributed by atoms with van der Waals surface area (Å²) >= 11 is 6.32. The monoisotopic (exact) mass is 741 g/mol. The lowest BCUT2D eigenvalue weighted by atomic mass is 9.89. The van der Waals surface area contributed by atoms with E-state index < -0.39 is 66.0 Å². The van der Waals surface area contributed by atoms with Crippen molar-refractivity contribution in [2.45, 2.75) is 83.3 Å². The first kappa shape index (κ1) is 41.8. The Morgan fingerprint density at radius 2 is 1.79 bits per heavy atom. The Hall–Kier alpha value is -4.62. The molecule has 7 atom stereocenters. The summed E-state index contributed by atoms with van der Waals surface area (Å²) < 4.78 is 16.9. The van der Waals surface area contributed by atoms with E-state index in [4.69, 9.17) is 31.3 Å². The maximum Gasteiger partial charge on any atom is 0.347 e. The zero-order valence-corrected chi connectivity index (χ0v) is 30.6. The van der Waals surface area contributed by atoms with Crippen molar-refractivity contribution in [1.82, 2.24) is 10.6 Å². The molecule has 0 saturated heterocycles. The van der Waals surface area contributed by atoms with Crippen LogP contribution in [0.25, 0.3) is 10.4 Å². The summed E-state index contributed by atoms with van der Waals surface area (Å²) in [6.07, 6.45) is -1.92. The molecule has 0 spiro atoms. The topological polar surface area (TPSA) is 209 Å². The van der Waals surface area contributed by atoms with Gasteiger partial charge in [0.25, 0.3) is 0 Å². The summed E-state index contributed by atoms with van der Waals surface area (Å²) in [5.74, 6) is -4.32. The minimum Gasteiger partial charge on any atom is -0.495 e. The van der Waals surface area contributed by atoms with Crippen LogP contribution in [0.5, 0.6) is 5.75 Å². The Kier molecular flexibility index (Phi) is 16.9. The van der Waals surface area contributed by atoms with Gasteiger partial charge in [-0.3, -0.25) is 14.4 Å². The second kappa shape index (κ2) is 21.0. The Bertz CT molecular complexity index is 1580. The van der Waals surface area contributed by atoms with Crippen LogP contribution in [-0.2, 0) is 35.1 Å². The number of esters is 2. The lowest BCUT2D eigenvalue weighted by Crippen LogP contribution is -2.49. The standard InChI is InChI=1S/C37H48ClN5O9/c1-22(2)18-31-37(49)51-29(23(3)33(45)34(46)25-10-6-5-7-11-25)13-8-14-32(44)42-28(20-24-15-16-30(50-4)27(38)19-24)35(47)40-21-26(36(48)52-31)12-9-17-41-43-39/h5-8,10-11,14-16,19,22-23,26,28-29,31,33-34,45-46H,9,12-13,17-18,20-21H2,1-4H3,(H,40,47)(H,42,44)/b14-8+/t23-,26+,28+,29-,31-,33+,34+/m0/s1. The number of hydrogen-bond acceptors (Lipinski definition) is 10. The van der Waals surface area contributed by atoms with E-state index in [9.17, 15) is 29.4 Å². The van der Waals surface area contributed by atoms with Crippen molar-refractivity contribution in [3.8, 4) is 5.75 Å². The summed E-state index contributed by atoms with van der Waals surface area (Å²) in [5.41, 5.74) is 9.79. The summed E-state index contributed by atoms with van der Waals surface area (Å²) in [5, 5.41) is 31.4. The van der Waals surface area contributed by atoms with Crippen LogP contribution in [0.2, 0.25) is 5.02 Å². The van der Waals surface area contributed by atoms with Crippen LogP contribution in [0.15, 0.2) is 65.8 Å². The molecular weight excluding hydrogens is 694 g/mol. The van der Waals surface area contributed by atoms with Crippen LogP contribution in [-0.4, -0.2) is 78.5 Å². The molecule has 0 radical (unpaired) electrons. The quantitative estimate of drug-likeness (QED) is 0.0732. The number of amides is 2. The molecule has 0 saturated carbocycles. The van der Waals surface area contributed by atoms with Crippen LogP contribution in [0.1, 0.15) is 63.7 Å². The van der Waals surface area contributed by atoms with E-state index in [2.05, 4.69) is 20.7 Å². The van der Waals surface area contributed by atoms with E-state index in [0.29, 0.717) is 21.9 Å². The van der Waals surface area contributed by atoms with Gasteiger partial charge >= 0.3 is 11.9 Å². The lowest BCUT2D eigenvalue weighted by molar-refractivity contribution is -0.179. The average molecular weight is 742 g/mol. The third-order valence-corrected chi connectivity index (χ3v) is 9.02. The summed E-state index contributed by atoms with van der Waals surface area (Å²) in [7, 11) is 1.47. The van der Waals surface area contributed by atoms with Gasteiger partial charge in [0.05, 0.1) is 24.2 Å². The highest BCUT2D eigenvalue weighted by Gasteiger charge is 2.36. The molecule has 0 unspecified atom stereocenters. The number of aliphatic hydroxyl groups excluding tert-OH is 2. The number of nitrogens with zero attached hydrogens (tertiary/aromatic N) is 3. The van der Waals surface area contributed by atoms with Gasteiger partial charge in [-0.15, -0.1) is 0 Å². The number of nitrogens with one attached hydrogen (secondary N) is 2. The van der Waals surface area contributed by atoms with Gasteiger partial charge in [0.1, 0.15) is 24.0 Å². The molecule has 52 heavy (non-hydrogen) atoms. The van der Waals surface area contributed by atoms with Crippen molar-refractivity contribution in [3.05, 3.63) is 87.3 Å². The van der Waals surface area contributed by atoms with Gasteiger partial charge in [-0.1, -0.05) is 80.0 Å². The molecule has 14 nitrogen and oxygen atoms in total. The number of methoxy groups -OCH3 is 1. The van der Waals surface area contributed by atoms with E-state index in [-0.39, 0.29) is 51.1 Å². The molecule has 0 fully saturated rings. The number of hydrogen-bond donors (Lipinski definition) is 4. The molecular formula is C37H48ClN5O9. The number of benzene rings is 2. The van der Waals surface area contributed by atoms with Crippen LogP contribution in [0, 0.1) is 17.8 Å².